The molecular formula is C16H19N3O. The van der Waals surface area contributed by atoms with Crippen molar-refractivity contribution < 1.29 is 4.79 Å². The lowest BCUT2D eigenvalue weighted by Crippen LogP contribution is -2.31. The fourth-order valence-corrected chi connectivity index (χ4v) is 2.84. The fraction of sp³-hybridized carbons (Fsp3) is 0.312. The zero-order valence-corrected chi connectivity index (χ0v) is 11.7. The van der Waals surface area contributed by atoms with E-state index in [9.17, 15) is 4.79 Å². The van der Waals surface area contributed by atoms with Crippen LogP contribution in [-0.2, 0) is 20.0 Å². The van der Waals surface area contributed by atoms with E-state index in [4.69, 9.17) is 5.73 Å². The van der Waals surface area contributed by atoms with E-state index in [1.165, 1.54) is 11.1 Å². The third kappa shape index (κ3) is 2.29. The van der Waals surface area contributed by atoms with Crippen LogP contribution in [0.15, 0.2) is 36.5 Å². The molecule has 0 fully saturated rings. The molecular weight excluding hydrogens is 250 g/mol. The van der Waals surface area contributed by atoms with Crippen LogP contribution < -0.4 is 5.73 Å². The predicted octanol–water partition coefficient (Wildman–Crippen LogP) is 2.20. The van der Waals surface area contributed by atoms with E-state index in [2.05, 4.69) is 18.2 Å². The summed E-state index contributed by atoms with van der Waals surface area (Å²) in [5, 5.41) is 0. The van der Waals surface area contributed by atoms with Crippen LogP contribution in [0, 0.1) is 0 Å². The van der Waals surface area contributed by atoms with Crippen LogP contribution in [0.2, 0.25) is 0 Å². The van der Waals surface area contributed by atoms with Gasteiger partial charge in [0.2, 0.25) is 0 Å². The second-order valence-corrected chi connectivity index (χ2v) is 5.37. The van der Waals surface area contributed by atoms with Crippen LogP contribution in [0.25, 0.3) is 0 Å². The summed E-state index contributed by atoms with van der Waals surface area (Å²) in [6.07, 6.45) is 3.82. The Kier molecular flexibility index (Phi) is 3.22. The Balaban J connectivity index is 1.88. The van der Waals surface area contributed by atoms with Gasteiger partial charge < -0.3 is 15.2 Å². The maximum absolute atomic E-state index is 12.6. The topological polar surface area (TPSA) is 51.3 Å². The zero-order chi connectivity index (χ0) is 14.1. The van der Waals surface area contributed by atoms with Gasteiger partial charge in [0, 0.05) is 26.3 Å². The number of nitrogens with zero attached hydrogens (tertiary/aromatic N) is 2. The Morgan fingerprint density at radius 1 is 1.25 bits per heavy atom. The SMILES string of the molecule is Cn1cc(N)cc1C(=O)N1CCCc2ccccc2C1. The molecule has 0 aliphatic carbocycles. The van der Waals surface area contributed by atoms with E-state index in [-0.39, 0.29) is 5.91 Å². The number of carbonyl (C=O) groups is 1. The number of fused-ring (bicyclic) bond motifs is 1. The maximum atomic E-state index is 12.6. The van der Waals surface area contributed by atoms with E-state index in [0.29, 0.717) is 17.9 Å². The lowest BCUT2D eigenvalue weighted by Gasteiger charge is -2.21. The molecule has 20 heavy (non-hydrogen) atoms. The van der Waals surface area contributed by atoms with Crippen molar-refractivity contribution in [1.29, 1.82) is 0 Å². The molecule has 4 nitrogen and oxygen atoms in total. The molecule has 1 aliphatic heterocycles. The van der Waals surface area contributed by atoms with E-state index < -0.39 is 0 Å². The molecule has 2 heterocycles. The van der Waals surface area contributed by atoms with E-state index in [1.54, 1.807) is 16.8 Å². The third-order valence-corrected chi connectivity index (χ3v) is 3.89. The lowest BCUT2D eigenvalue weighted by atomic mass is 10.0. The van der Waals surface area contributed by atoms with Gasteiger partial charge in [-0.15, -0.1) is 0 Å². The minimum atomic E-state index is 0.0564. The number of benzene rings is 1. The smallest absolute Gasteiger partial charge is 0.270 e. The molecule has 2 aromatic rings. The Hall–Kier alpha value is -2.23. The van der Waals surface area contributed by atoms with E-state index in [0.717, 1.165) is 19.4 Å². The Labute approximate surface area is 118 Å². The fourth-order valence-electron chi connectivity index (χ4n) is 2.84. The maximum Gasteiger partial charge on any atom is 0.270 e. The first-order valence-electron chi connectivity index (χ1n) is 6.93. The van der Waals surface area contributed by atoms with Crippen LogP contribution in [0.1, 0.15) is 28.0 Å². The lowest BCUT2D eigenvalue weighted by molar-refractivity contribution is 0.0736. The van der Waals surface area contributed by atoms with Gasteiger partial charge in [0.1, 0.15) is 5.69 Å². The van der Waals surface area contributed by atoms with Crippen molar-refractivity contribution in [2.45, 2.75) is 19.4 Å². The van der Waals surface area contributed by atoms with Crippen LogP contribution >= 0.6 is 0 Å². The molecule has 4 heteroatoms. The van der Waals surface area contributed by atoms with Gasteiger partial charge in [-0.25, -0.2) is 0 Å². The van der Waals surface area contributed by atoms with Crippen molar-refractivity contribution in [3.05, 3.63) is 53.3 Å². The number of aromatic nitrogens is 1. The number of nitrogens with two attached hydrogens (primary N) is 1. The Bertz CT molecular complexity index is 645. The summed E-state index contributed by atoms with van der Waals surface area (Å²) in [5.74, 6) is 0.0564. The summed E-state index contributed by atoms with van der Waals surface area (Å²) in [6, 6.07) is 10.1. The summed E-state index contributed by atoms with van der Waals surface area (Å²) in [5.41, 5.74) is 9.65. The molecule has 2 N–H and O–H groups in total. The minimum absolute atomic E-state index is 0.0564. The van der Waals surface area contributed by atoms with Crippen molar-refractivity contribution >= 4 is 11.6 Å². The van der Waals surface area contributed by atoms with Crippen LogP contribution in [0.4, 0.5) is 5.69 Å². The predicted molar refractivity (Wildman–Crippen MR) is 79.3 cm³/mol. The average molecular weight is 269 g/mol. The monoisotopic (exact) mass is 269 g/mol. The number of rotatable bonds is 1. The van der Waals surface area contributed by atoms with Crippen LogP contribution in [0.5, 0.6) is 0 Å². The molecule has 1 aromatic carbocycles. The van der Waals surface area contributed by atoms with Crippen molar-refractivity contribution in [2.24, 2.45) is 7.05 Å². The first-order valence-corrected chi connectivity index (χ1v) is 6.93. The standard InChI is InChI=1S/C16H19N3O/c1-18-11-14(17)9-15(18)16(20)19-8-4-7-12-5-2-3-6-13(12)10-19/h2-3,5-6,9,11H,4,7-8,10,17H2,1H3. The summed E-state index contributed by atoms with van der Waals surface area (Å²) >= 11 is 0. The van der Waals surface area contributed by atoms with E-state index in [1.807, 2.05) is 18.0 Å². The molecule has 1 aliphatic rings. The van der Waals surface area contributed by atoms with Crippen molar-refractivity contribution in [1.82, 2.24) is 9.47 Å². The zero-order valence-electron chi connectivity index (χ0n) is 11.7. The first-order chi connectivity index (χ1) is 9.65. The number of aryl methyl sites for hydroxylation is 2. The van der Waals surface area contributed by atoms with Gasteiger partial charge in [0.05, 0.1) is 5.69 Å². The highest BCUT2D eigenvalue weighted by Crippen LogP contribution is 2.21. The second-order valence-electron chi connectivity index (χ2n) is 5.37. The Morgan fingerprint density at radius 3 is 2.70 bits per heavy atom. The average Bonchev–Trinajstić information content (AvgIpc) is 2.65. The summed E-state index contributed by atoms with van der Waals surface area (Å²) < 4.78 is 1.80. The highest BCUT2D eigenvalue weighted by Gasteiger charge is 2.22. The van der Waals surface area contributed by atoms with Crippen molar-refractivity contribution in [2.75, 3.05) is 12.3 Å². The number of carbonyl (C=O) groups excluding carboxylic acids is 1. The molecule has 0 spiro atoms. The number of anilines is 1. The number of hydrogen-bond acceptors (Lipinski definition) is 2. The van der Waals surface area contributed by atoms with Gasteiger partial charge in [0.15, 0.2) is 0 Å². The third-order valence-electron chi connectivity index (χ3n) is 3.89. The molecule has 0 bridgehead atoms. The largest absolute Gasteiger partial charge is 0.397 e. The van der Waals surface area contributed by atoms with Gasteiger partial charge in [0.25, 0.3) is 5.91 Å². The molecule has 104 valence electrons. The second kappa shape index (κ2) is 5.04. The highest BCUT2D eigenvalue weighted by atomic mass is 16.2. The summed E-state index contributed by atoms with van der Waals surface area (Å²) in [7, 11) is 1.86. The Morgan fingerprint density at radius 2 is 2.00 bits per heavy atom. The normalized spacial score (nSPS) is 14.8. The van der Waals surface area contributed by atoms with Crippen LogP contribution in [0.3, 0.4) is 0 Å². The quantitative estimate of drug-likeness (QED) is 0.863. The number of amides is 1. The summed E-state index contributed by atoms with van der Waals surface area (Å²) in [4.78, 5) is 14.6. The highest BCUT2D eigenvalue weighted by molar-refractivity contribution is 5.93. The molecule has 0 atom stereocenters. The van der Waals surface area contributed by atoms with Gasteiger partial charge in [-0.05, 0) is 30.0 Å². The molecule has 1 amide bonds. The molecule has 3 rings (SSSR count). The number of hydrogen-bond donors (Lipinski definition) is 1. The van der Waals surface area contributed by atoms with Gasteiger partial charge in [-0.2, -0.15) is 0 Å². The van der Waals surface area contributed by atoms with Crippen molar-refractivity contribution in [3.63, 3.8) is 0 Å². The molecule has 0 unspecified atom stereocenters. The molecule has 0 radical (unpaired) electrons. The number of nitrogen functional groups attached to an aromatic ring is 1. The molecule has 0 saturated heterocycles. The summed E-state index contributed by atoms with van der Waals surface area (Å²) in [6.45, 7) is 1.47. The van der Waals surface area contributed by atoms with Crippen molar-refractivity contribution in [3.8, 4) is 0 Å². The minimum Gasteiger partial charge on any atom is -0.397 e. The van der Waals surface area contributed by atoms with Gasteiger partial charge in [-0.3, -0.25) is 4.79 Å². The van der Waals surface area contributed by atoms with E-state index >= 15 is 0 Å². The van der Waals surface area contributed by atoms with Crippen LogP contribution in [-0.4, -0.2) is 21.9 Å². The van der Waals surface area contributed by atoms with Gasteiger partial charge in [-0.1, -0.05) is 24.3 Å². The first kappa shape index (κ1) is 12.8. The molecule has 1 aromatic heterocycles. The molecule has 0 saturated carbocycles. The van der Waals surface area contributed by atoms with Gasteiger partial charge >= 0.3 is 0 Å².